The molecule has 1 aromatic heterocycles. The van der Waals surface area contributed by atoms with Crippen LogP contribution in [0, 0.1) is 18.3 Å². The number of benzene rings is 2. The SMILES string of the molecule is Cc1ccccc1Nc1ccnc(-c2cccc(NC(=O)CC#N)c2)n1. The smallest absolute Gasteiger partial charge is 0.238 e. The highest BCUT2D eigenvalue weighted by Crippen LogP contribution is 2.23. The number of hydrogen-bond donors (Lipinski definition) is 2. The summed E-state index contributed by atoms with van der Waals surface area (Å²) in [6, 6.07) is 18.8. The van der Waals surface area contributed by atoms with Gasteiger partial charge in [0.1, 0.15) is 12.2 Å². The standard InChI is InChI=1S/C20H17N5O/c1-14-5-2-3-8-17(14)24-18-10-12-22-20(25-18)15-6-4-7-16(13-15)23-19(26)9-11-21/h2-8,10,12-13H,9H2,1H3,(H,23,26)(H,22,24,25). The number of hydrogen-bond acceptors (Lipinski definition) is 5. The van der Waals surface area contributed by atoms with Crippen LogP contribution in [0.3, 0.4) is 0 Å². The first kappa shape index (κ1) is 17.1. The van der Waals surface area contributed by atoms with Crippen molar-refractivity contribution in [3.63, 3.8) is 0 Å². The Kier molecular flexibility index (Phi) is 5.20. The Morgan fingerprint density at radius 2 is 2.00 bits per heavy atom. The van der Waals surface area contributed by atoms with Crippen molar-refractivity contribution >= 4 is 23.1 Å². The molecule has 1 heterocycles. The van der Waals surface area contributed by atoms with Gasteiger partial charge in [0.2, 0.25) is 5.91 Å². The summed E-state index contributed by atoms with van der Waals surface area (Å²) in [5.74, 6) is 0.878. The number of anilines is 3. The highest BCUT2D eigenvalue weighted by atomic mass is 16.1. The molecule has 0 fully saturated rings. The summed E-state index contributed by atoms with van der Waals surface area (Å²) in [7, 11) is 0. The molecule has 0 unspecified atom stereocenters. The van der Waals surface area contributed by atoms with Crippen molar-refractivity contribution in [2.45, 2.75) is 13.3 Å². The molecule has 0 saturated carbocycles. The zero-order chi connectivity index (χ0) is 18.4. The van der Waals surface area contributed by atoms with E-state index in [4.69, 9.17) is 5.26 Å². The number of carbonyl (C=O) groups excluding carboxylic acids is 1. The van der Waals surface area contributed by atoms with Gasteiger partial charge in [-0.3, -0.25) is 4.79 Å². The molecular weight excluding hydrogens is 326 g/mol. The molecule has 2 N–H and O–H groups in total. The van der Waals surface area contributed by atoms with Gasteiger partial charge >= 0.3 is 0 Å². The number of amides is 1. The lowest BCUT2D eigenvalue weighted by molar-refractivity contribution is -0.115. The maximum atomic E-state index is 11.6. The van der Waals surface area contributed by atoms with Crippen LogP contribution < -0.4 is 10.6 Å². The van der Waals surface area contributed by atoms with E-state index in [2.05, 4.69) is 20.6 Å². The van der Waals surface area contributed by atoms with Crippen LogP contribution >= 0.6 is 0 Å². The quantitative estimate of drug-likeness (QED) is 0.729. The van der Waals surface area contributed by atoms with E-state index in [0.717, 1.165) is 16.8 Å². The van der Waals surface area contributed by atoms with Crippen LogP contribution in [0.2, 0.25) is 0 Å². The maximum Gasteiger partial charge on any atom is 0.238 e. The molecule has 0 saturated heterocycles. The van der Waals surface area contributed by atoms with E-state index in [0.29, 0.717) is 17.3 Å². The van der Waals surface area contributed by atoms with Crippen LogP contribution in [0.15, 0.2) is 60.8 Å². The average molecular weight is 343 g/mol. The predicted molar refractivity (Wildman–Crippen MR) is 101 cm³/mol. The van der Waals surface area contributed by atoms with E-state index >= 15 is 0 Å². The predicted octanol–water partition coefficient (Wildman–Crippen LogP) is 4.05. The Hall–Kier alpha value is -3.72. The molecule has 6 nitrogen and oxygen atoms in total. The van der Waals surface area contributed by atoms with E-state index in [1.54, 1.807) is 24.4 Å². The van der Waals surface area contributed by atoms with E-state index in [1.807, 2.05) is 49.4 Å². The number of aryl methyl sites for hydroxylation is 1. The van der Waals surface area contributed by atoms with Crippen LogP contribution in [0.4, 0.5) is 17.2 Å². The van der Waals surface area contributed by atoms with Crippen molar-refractivity contribution in [1.82, 2.24) is 9.97 Å². The third kappa shape index (κ3) is 4.22. The van der Waals surface area contributed by atoms with Crippen molar-refractivity contribution in [3.05, 3.63) is 66.4 Å². The molecule has 0 aliphatic rings. The zero-order valence-corrected chi connectivity index (χ0v) is 14.2. The molecule has 0 radical (unpaired) electrons. The summed E-state index contributed by atoms with van der Waals surface area (Å²) >= 11 is 0. The van der Waals surface area contributed by atoms with Gasteiger partial charge in [0.25, 0.3) is 0 Å². The minimum absolute atomic E-state index is 0.184. The minimum Gasteiger partial charge on any atom is -0.340 e. The highest BCUT2D eigenvalue weighted by molar-refractivity contribution is 5.92. The van der Waals surface area contributed by atoms with Gasteiger partial charge in [-0.05, 0) is 36.8 Å². The topological polar surface area (TPSA) is 90.7 Å². The molecule has 128 valence electrons. The molecule has 26 heavy (non-hydrogen) atoms. The number of nitriles is 1. The van der Waals surface area contributed by atoms with Gasteiger partial charge in [0.15, 0.2) is 5.82 Å². The molecule has 3 aromatic rings. The summed E-state index contributed by atoms with van der Waals surface area (Å²) in [6.45, 7) is 2.03. The third-order valence-corrected chi connectivity index (χ3v) is 3.71. The van der Waals surface area contributed by atoms with Gasteiger partial charge in [-0.15, -0.1) is 0 Å². The second-order valence-corrected chi connectivity index (χ2v) is 5.67. The van der Waals surface area contributed by atoms with Crippen LogP contribution in [-0.4, -0.2) is 15.9 Å². The summed E-state index contributed by atoms with van der Waals surface area (Å²) in [4.78, 5) is 20.4. The maximum absolute atomic E-state index is 11.6. The van der Waals surface area contributed by atoms with Crippen molar-refractivity contribution in [3.8, 4) is 17.5 Å². The Morgan fingerprint density at radius 3 is 2.81 bits per heavy atom. The normalized spacial score (nSPS) is 10.0. The monoisotopic (exact) mass is 343 g/mol. The Balaban J connectivity index is 1.83. The second kappa shape index (κ2) is 7.90. The lowest BCUT2D eigenvalue weighted by atomic mass is 10.2. The Labute approximate surface area is 151 Å². The van der Waals surface area contributed by atoms with E-state index in [1.165, 1.54) is 0 Å². The van der Waals surface area contributed by atoms with Gasteiger partial charge in [0.05, 0.1) is 6.07 Å². The van der Waals surface area contributed by atoms with Crippen LogP contribution in [-0.2, 0) is 4.79 Å². The molecule has 2 aromatic carbocycles. The average Bonchev–Trinajstić information content (AvgIpc) is 2.64. The van der Waals surface area contributed by atoms with Crippen LogP contribution in [0.1, 0.15) is 12.0 Å². The Bertz CT molecular complexity index is 978. The fraction of sp³-hybridized carbons (Fsp3) is 0.100. The van der Waals surface area contributed by atoms with Crippen molar-refractivity contribution < 1.29 is 4.79 Å². The van der Waals surface area contributed by atoms with Gasteiger partial charge in [-0.1, -0.05) is 30.3 Å². The largest absolute Gasteiger partial charge is 0.340 e. The fourth-order valence-corrected chi connectivity index (χ4v) is 2.43. The highest BCUT2D eigenvalue weighted by Gasteiger charge is 2.07. The molecule has 1 amide bonds. The first-order valence-corrected chi connectivity index (χ1v) is 8.08. The van der Waals surface area contributed by atoms with Crippen molar-refractivity contribution in [2.24, 2.45) is 0 Å². The van der Waals surface area contributed by atoms with Gasteiger partial charge in [-0.2, -0.15) is 5.26 Å². The molecule has 0 bridgehead atoms. The number of aromatic nitrogens is 2. The van der Waals surface area contributed by atoms with Crippen LogP contribution in [0.5, 0.6) is 0 Å². The molecule has 0 aliphatic heterocycles. The second-order valence-electron chi connectivity index (χ2n) is 5.67. The van der Waals surface area contributed by atoms with Gasteiger partial charge in [0, 0.05) is 23.1 Å². The molecule has 0 atom stereocenters. The molecule has 6 heteroatoms. The fourth-order valence-electron chi connectivity index (χ4n) is 2.43. The third-order valence-electron chi connectivity index (χ3n) is 3.71. The number of para-hydroxylation sites is 1. The summed E-state index contributed by atoms with van der Waals surface area (Å²) in [5, 5.41) is 14.6. The lowest BCUT2D eigenvalue weighted by Crippen LogP contribution is -2.10. The molecule has 3 rings (SSSR count). The van der Waals surface area contributed by atoms with Gasteiger partial charge < -0.3 is 10.6 Å². The lowest BCUT2D eigenvalue weighted by Gasteiger charge is -2.10. The first-order chi connectivity index (χ1) is 12.7. The number of rotatable bonds is 5. The number of carbonyl (C=O) groups is 1. The molecular formula is C20H17N5O. The summed E-state index contributed by atoms with van der Waals surface area (Å²) in [5.41, 5.74) is 3.47. The summed E-state index contributed by atoms with van der Waals surface area (Å²) in [6.07, 6.45) is 1.50. The Morgan fingerprint density at radius 1 is 1.15 bits per heavy atom. The first-order valence-electron chi connectivity index (χ1n) is 8.08. The van der Waals surface area contributed by atoms with Crippen LogP contribution in [0.25, 0.3) is 11.4 Å². The van der Waals surface area contributed by atoms with Crippen molar-refractivity contribution in [2.75, 3.05) is 10.6 Å². The number of nitrogens with one attached hydrogen (secondary N) is 2. The molecule has 0 spiro atoms. The summed E-state index contributed by atoms with van der Waals surface area (Å²) < 4.78 is 0. The van der Waals surface area contributed by atoms with Crippen molar-refractivity contribution in [1.29, 1.82) is 5.26 Å². The number of nitrogens with zero attached hydrogens (tertiary/aromatic N) is 3. The minimum atomic E-state index is -0.347. The van der Waals surface area contributed by atoms with Gasteiger partial charge in [-0.25, -0.2) is 9.97 Å². The van der Waals surface area contributed by atoms with E-state index < -0.39 is 0 Å². The molecule has 0 aliphatic carbocycles. The van der Waals surface area contributed by atoms with E-state index in [9.17, 15) is 4.79 Å². The van der Waals surface area contributed by atoms with E-state index in [-0.39, 0.29) is 12.3 Å². The zero-order valence-electron chi connectivity index (χ0n) is 14.2.